The summed E-state index contributed by atoms with van der Waals surface area (Å²) in [6, 6.07) is 7.11. The monoisotopic (exact) mass is 705 g/mol. The number of ether oxygens (including phenoxy) is 6. The second kappa shape index (κ2) is 20.7. The van der Waals surface area contributed by atoms with Crippen LogP contribution in [0.5, 0.6) is 0 Å². The molecule has 1 atom stereocenters. The summed E-state index contributed by atoms with van der Waals surface area (Å²) in [6.07, 6.45) is 1.14. The van der Waals surface area contributed by atoms with E-state index in [2.05, 4.69) is 36.3 Å². The van der Waals surface area contributed by atoms with E-state index in [-0.39, 0.29) is 12.3 Å². The topological polar surface area (TPSA) is 128 Å². The minimum absolute atomic E-state index is 0.124. The predicted octanol–water partition coefficient (Wildman–Crippen LogP) is 4.82. The third-order valence-electron chi connectivity index (χ3n) is 7.51. The quantitative estimate of drug-likeness (QED) is 0.138. The van der Waals surface area contributed by atoms with Gasteiger partial charge in [-0.2, -0.15) is 0 Å². The van der Waals surface area contributed by atoms with E-state index in [0.717, 1.165) is 46.3 Å². The Labute approximate surface area is 292 Å². The van der Waals surface area contributed by atoms with Crippen molar-refractivity contribution in [2.45, 2.75) is 46.6 Å². The highest BCUT2D eigenvalue weighted by Crippen LogP contribution is 2.39. The van der Waals surface area contributed by atoms with Crippen LogP contribution in [0.2, 0.25) is 5.02 Å². The zero-order chi connectivity index (χ0) is 34.1. The number of rotatable bonds is 23. The van der Waals surface area contributed by atoms with Crippen molar-refractivity contribution in [3.8, 4) is 5.00 Å². The third-order valence-corrected chi connectivity index (χ3v) is 8.96. The number of hydrogen-bond donors (Lipinski definition) is 1. The van der Waals surface area contributed by atoms with E-state index < -0.39 is 6.04 Å². The highest BCUT2D eigenvalue weighted by molar-refractivity contribution is 7.15. The number of aromatic nitrogens is 3. The van der Waals surface area contributed by atoms with Crippen molar-refractivity contribution < 1.29 is 33.2 Å². The van der Waals surface area contributed by atoms with Crippen LogP contribution in [-0.2, 0) is 33.2 Å². The molecule has 264 valence electrons. The Morgan fingerprint density at radius 3 is 1.92 bits per heavy atom. The first-order chi connectivity index (χ1) is 23.4. The van der Waals surface area contributed by atoms with Gasteiger partial charge in [0.05, 0.1) is 84.8 Å². The van der Waals surface area contributed by atoms with Gasteiger partial charge < -0.3 is 33.7 Å². The number of hydrogen-bond acceptors (Lipinski definition) is 11. The second-order valence-corrected chi connectivity index (χ2v) is 12.8. The van der Waals surface area contributed by atoms with Crippen molar-refractivity contribution >= 4 is 34.6 Å². The molecule has 0 fully saturated rings. The van der Waals surface area contributed by atoms with E-state index in [1.165, 1.54) is 4.88 Å². The summed E-state index contributed by atoms with van der Waals surface area (Å²) in [5.74, 6) is 1.26. The van der Waals surface area contributed by atoms with Gasteiger partial charge in [0.2, 0.25) is 5.91 Å². The Morgan fingerprint density at radius 2 is 1.35 bits per heavy atom. The Hall–Kier alpha value is -2.75. The molecular formula is C34H48ClN5O7S. The molecule has 0 aliphatic carbocycles. The van der Waals surface area contributed by atoms with E-state index in [4.69, 9.17) is 45.0 Å². The summed E-state index contributed by atoms with van der Waals surface area (Å²) in [7, 11) is 0. The molecule has 1 aliphatic rings. The summed E-state index contributed by atoms with van der Waals surface area (Å²) in [5, 5.41) is 13.4. The number of amides is 1. The van der Waals surface area contributed by atoms with Crippen molar-refractivity contribution in [1.82, 2.24) is 20.1 Å². The van der Waals surface area contributed by atoms with Gasteiger partial charge in [-0.05, 0) is 44.9 Å². The van der Waals surface area contributed by atoms with Gasteiger partial charge in [0.15, 0.2) is 5.82 Å². The molecular weight excluding hydrogens is 658 g/mol. The maximum absolute atomic E-state index is 13.1. The molecule has 3 aromatic rings. The van der Waals surface area contributed by atoms with Crippen molar-refractivity contribution in [3.63, 3.8) is 0 Å². The number of aryl methyl sites for hydroxylation is 2. The average Bonchev–Trinajstić information content (AvgIpc) is 3.55. The van der Waals surface area contributed by atoms with Gasteiger partial charge in [-0.15, -0.1) is 21.5 Å². The van der Waals surface area contributed by atoms with E-state index in [1.54, 1.807) is 11.3 Å². The molecule has 14 heteroatoms. The van der Waals surface area contributed by atoms with Crippen molar-refractivity contribution in [3.05, 3.63) is 62.5 Å². The first kappa shape index (κ1) is 38.1. The van der Waals surface area contributed by atoms with Crippen molar-refractivity contribution in [1.29, 1.82) is 0 Å². The Morgan fingerprint density at radius 1 is 0.812 bits per heavy atom. The van der Waals surface area contributed by atoms with Crippen LogP contribution in [0.25, 0.3) is 5.00 Å². The minimum Gasteiger partial charge on any atom is -0.379 e. The summed E-state index contributed by atoms with van der Waals surface area (Å²) in [4.78, 5) is 19.4. The lowest BCUT2D eigenvalue weighted by Crippen LogP contribution is -2.29. The zero-order valence-corrected chi connectivity index (χ0v) is 30.0. The lowest BCUT2D eigenvalue weighted by Gasteiger charge is -2.13. The fourth-order valence-electron chi connectivity index (χ4n) is 4.99. The first-order valence-corrected chi connectivity index (χ1v) is 17.7. The highest BCUT2D eigenvalue weighted by Gasteiger charge is 2.32. The fourth-order valence-corrected chi connectivity index (χ4v) is 6.33. The maximum Gasteiger partial charge on any atom is 0.222 e. The molecule has 2 aromatic heterocycles. The van der Waals surface area contributed by atoms with E-state index in [0.29, 0.717) is 90.1 Å². The zero-order valence-electron chi connectivity index (χ0n) is 28.4. The van der Waals surface area contributed by atoms with Crippen molar-refractivity contribution in [2.24, 2.45) is 4.99 Å². The lowest BCUT2D eigenvalue weighted by atomic mass is 9.99. The lowest BCUT2D eigenvalue weighted by molar-refractivity contribution is -0.121. The molecule has 1 aromatic carbocycles. The number of aliphatic imine (C=N–C) groups is 1. The third kappa shape index (κ3) is 11.4. The van der Waals surface area contributed by atoms with Gasteiger partial charge in [0, 0.05) is 34.2 Å². The summed E-state index contributed by atoms with van der Waals surface area (Å²) >= 11 is 7.88. The summed E-state index contributed by atoms with van der Waals surface area (Å²) in [5.41, 5.74) is 3.93. The standard InChI is InChI=1S/C34H48ClN5O7S/c1-5-11-42-13-15-44-17-19-46-21-22-47-20-18-45-16-14-43-12-10-36-30(41)23-29-33-39-38-26(4)40(33)34-31(24(2)25(3)48-34)32(37-29)27-6-8-28(35)9-7-27/h6-9,29H,5,10-23H2,1-4H3,(H,36,41)/t29-/m0/s1. The molecule has 4 rings (SSSR count). The maximum atomic E-state index is 13.1. The molecule has 0 saturated carbocycles. The number of carbonyl (C=O) groups is 1. The first-order valence-electron chi connectivity index (χ1n) is 16.5. The normalized spacial score (nSPS) is 14.0. The minimum atomic E-state index is -0.519. The molecule has 0 radical (unpaired) electrons. The number of fused-ring (bicyclic) bond motifs is 3. The summed E-state index contributed by atoms with van der Waals surface area (Å²) < 4.78 is 35.0. The van der Waals surface area contributed by atoms with Gasteiger partial charge in [0.25, 0.3) is 0 Å². The Balaban J connectivity index is 1.12. The van der Waals surface area contributed by atoms with E-state index in [1.807, 2.05) is 35.8 Å². The smallest absolute Gasteiger partial charge is 0.222 e. The molecule has 1 aliphatic heterocycles. The molecule has 0 bridgehead atoms. The van der Waals surface area contributed by atoms with E-state index >= 15 is 0 Å². The van der Waals surface area contributed by atoms with Crippen LogP contribution in [0, 0.1) is 20.8 Å². The number of nitrogens with zero attached hydrogens (tertiary/aromatic N) is 4. The average molecular weight is 706 g/mol. The molecule has 3 heterocycles. The van der Waals surface area contributed by atoms with Gasteiger partial charge >= 0.3 is 0 Å². The Bertz CT molecular complexity index is 1450. The second-order valence-electron chi connectivity index (χ2n) is 11.1. The number of carbonyl (C=O) groups excluding carboxylic acids is 1. The fraction of sp³-hybridized carbons (Fsp3) is 0.588. The highest BCUT2D eigenvalue weighted by atomic mass is 35.5. The molecule has 0 saturated heterocycles. The van der Waals surface area contributed by atoms with Crippen LogP contribution in [-0.4, -0.2) is 112 Å². The molecule has 48 heavy (non-hydrogen) atoms. The van der Waals surface area contributed by atoms with Crippen LogP contribution in [0.15, 0.2) is 29.3 Å². The van der Waals surface area contributed by atoms with Gasteiger partial charge in [-0.1, -0.05) is 30.7 Å². The van der Waals surface area contributed by atoms with Crippen LogP contribution >= 0.6 is 22.9 Å². The largest absolute Gasteiger partial charge is 0.379 e. The molecule has 0 spiro atoms. The number of halogens is 1. The van der Waals surface area contributed by atoms with Crippen LogP contribution in [0.3, 0.4) is 0 Å². The van der Waals surface area contributed by atoms with Crippen molar-refractivity contribution in [2.75, 3.05) is 85.8 Å². The predicted molar refractivity (Wildman–Crippen MR) is 186 cm³/mol. The Kier molecular flexibility index (Phi) is 16.4. The van der Waals surface area contributed by atoms with Gasteiger partial charge in [-0.25, -0.2) is 0 Å². The van der Waals surface area contributed by atoms with Gasteiger partial charge in [0.1, 0.15) is 16.9 Å². The van der Waals surface area contributed by atoms with Crippen LogP contribution < -0.4 is 5.32 Å². The molecule has 12 nitrogen and oxygen atoms in total. The molecule has 1 N–H and O–H groups in total. The van der Waals surface area contributed by atoms with E-state index in [9.17, 15) is 4.79 Å². The molecule has 0 unspecified atom stereocenters. The molecule has 1 amide bonds. The number of benzene rings is 1. The summed E-state index contributed by atoms with van der Waals surface area (Å²) in [6.45, 7) is 14.8. The van der Waals surface area contributed by atoms with Gasteiger partial charge in [-0.3, -0.25) is 14.4 Å². The number of thiophene rings is 1. The van der Waals surface area contributed by atoms with Crippen LogP contribution in [0.4, 0.5) is 0 Å². The number of nitrogens with one attached hydrogen (secondary N) is 1. The SMILES string of the molecule is CCCOCCOCCOCCOCCOCCOCCNC(=O)C[C@@H]1N=C(c2ccc(Cl)cc2)c2c(sc(C)c2C)-n2c(C)nnc21. The van der Waals surface area contributed by atoms with Crippen LogP contribution in [0.1, 0.15) is 59.0 Å².